The molecule has 0 heterocycles. The molecule has 0 fully saturated rings. The van der Waals surface area contributed by atoms with E-state index in [0.717, 1.165) is 15.4 Å². The number of hydrogen-bond acceptors (Lipinski definition) is 4. The van der Waals surface area contributed by atoms with Gasteiger partial charge < -0.3 is 10.1 Å². The number of carbonyl (C=O) groups is 1. The van der Waals surface area contributed by atoms with Gasteiger partial charge in [-0.2, -0.15) is 0 Å². The molecule has 1 N–H and O–H groups in total. The lowest BCUT2D eigenvalue weighted by molar-refractivity contribution is -0.119. The monoisotopic (exact) mass is 472 g/mol. The maximum absolute atomic E-state index is 13.5. The number of para-hydroxylation sites is 1. The second-order valence-electron chi connectivity index (χ2n) is 7.34. The minimum Gasteiger partial charge on any atom is -0.496 e. The Kier molecular flexibility index (Phi) is 7.43. The number of sulfonamides is 1. The summed E-state index contributed by atoms with van der Waals surface area (Å²) < 4.78 is 33.4. The van der Waals surface area contributed by atoms with E-state index < -0.39 is 22.5 Å². The van der Waals surface area contributed by atoms with Gasteiger partial charge in [0, 0.05) is 17.1 Å². The summed E-state index contributed by atoms with van der Waals surface area (Å²) in [5.41, 5.74) is 2.76. The molecule has 0 atom stereocenters. The molecular formula is C24H25ClN2O4S. The van der Waals surface area contributed by atoms with Crippen LogP contribution in [0.1, 0.15) is 16.7 Å². The third-order valence-corrected chi connectivity index (χ3v) is 7.01. The first-order valence-electron chi connectivity index (χ1n) is 9.96. The minimum absolute atomic E-state index is 0.0972. The molecule has 0 aromatic heterocycles. The van der Waals surface area contributed by atoms with Crippen LogP contribution in [0.15, 0.2) is 71.6 Å². The maximum atomic E-state index is 13.5. The molecule has 3 aromatic rings. The van der Waals surface area contributed by atoms with Crippen molar-refractivity contribution in [2.24, 2.45) is 0 Å². The summed E-state index contributed by atoms with van der Waals surface area (Å²) in [4.78, 5) is 12.9. The van der Waals surface area contributed by atoms with E-state index in [-0.39, 0.29) is 11.4 Å². The third-order valence-electron chi connectivity index (χ3n) is 5.00. The highest BCUT2D eigenvalue weighted by molar-refractivity contribution is 7.92. The van der Waals surface area contributed by atoms with E-state index in [0.29, 0.717) is 22.0 Å². The first-order valence-corrected chi connectivity index (χ1v) is 11.8. The van der Waals surface area contributed by atoms with Crippen molar-refractivity contribution in [1.29, 1.82) is 0 Å². The molecule has 0 spiro atoms. The predicted molar refractivity (Wildman–Crippen MR) is 127 cm³/mol. The fraction of sp³-hybridized carbons (Fsp3) is 0.208. The lowest BCUT2D eigenvalue weighted by Crippen LogP contribution is -2.41. The zero-order chi connectivity index (χ0) is 23.3. The van der Waals surface area contributed by atoms with Gasteiger partial charge in [0.25, 0.3) is 10.0 Å². The van der Waals surface area contributed by atoms with Crippen LogP contribution in [0.2, 0.25) is 5.02 Å². The van der Waals surface area contributed by atoms with Crippen molar-refractivity contribution in [3.8, 4) is 5.75 Å². The fourth-order valence-electron chi connectivity index (χ4n) is 3.22. The van der Waals surface area contributed by atoms with E-state index in [2.05, 4.69) is 5.32 Å². The number of rotatable bonds is 8. The van der Waals surface area contributed by atoms with Crippen LogP contribution >= 0.6 is 11.6 Å². The van der Waals surface area contributed by atoms with Crippen LogP contribution in [-0.2, 0) is 21.4 Å². The Balaban J connectivity index is 1.91. The summed E-state index contributed by atoms with van der Waals surface area (Å²) in [5, 5.41) is 3.16. The van der Waals surface area contributed by atoms with Crippen molar-refractivity contribution in [2.45, 2.75) is 25.3 Å². The van der Waals surface area contributed by atoms with Crippen LogP contribution in [0.25, 0.3) is 0 Å². The number of ether oxygens (including phenoxy) is 1. The number of hydrogen-bond donors (Lipinski definition) is 1. The van der Waals surface area contributed by atoms with Gasteiger partial charge in [-0.3, -0.25) is 9.10 Å². The summed E-state index contributed by atoms with van der Waals surface area (Å²) in [5.74, 6) is 0.189. The molecule has 0 aliphatic carbocycles. The highest BCUT2D eigenvalue weighted by atomic mass is 35.5. The van der Waals surface area contributed by atoms with Crippen molar-refractivity contribution in [2.75, 3.05) is 18.0 Å². The van der Waals surface area contributed by atoms with E-state index in [1.807, 2.05) is 25.1 Å². The molecule has 3 rings (SSSR count). The molecule has 8 heteroatoms. The molecule has 0 unspecified atom stereocenters. The summed E-state index contributed by atoms with van der Waals surface area (Å²) in [7, 11) is -2.46. The fourth-order valence-corrected chi connectivity index (χ4v) is 4.86. The second kappa shape index (κ2) is 10.1. The number of nitrogens with zero attached hydrogens (tertiary/aromatic N) is 1. The number of nitrogens with one attached hydrogen (secondary N) is 1. The topological polar surface area (TPSA) is 75.7 Å². The number of aryl methyl sites for hydroxylation is 2. The van der Waals surface area contributed by atoms with Gasteiger partial charge in [-0.15, -0.1) is 0 Å². The van der Waals surface area contributed by atoms with Crippen molar-refractivity contribution in [3.63, 3.8) is 0 Å². The SMILES string of the molecule is COc1ccccc1CNC(=O)CN(c1cc(Cl)ccc1C)S(=O)(=O)c1ccc(C)cc1. The second-order valence-corrected chi connectivity index (χ2v) is 9.64. The molecule has 0 saturated heterocycles. The Morgan fingerprint density at radius 1 is 1.03 bits per heavy atom. The number of carbonyl (C=O) groups excluding carboxylic acids is 1. The molecule has 1 amide bonds. The third kappa shape index (κ3) is 5.41. The Morgan fingerprint density at radius 3 is 2.41 bits per heavy atom. The number of methoxy groups -OCH3 is 1. The van der Waals surface area contributed by atoms with E-state index in [1.165, 1.54) is 12.1 Å². The zero-order valence-electron chi connectivity index (χ0n) is 18.1. The Hall–Kier alpha value is -3.03. The van der Waals surface area contributed by atoms with Gasteiger partial charge in [0.1, 0.15) is 12.3 Å². The lowest BCUT2D eigenvalue weighted by atomic mass is 10.2. The van der Waals surface area contributed by atoms with E-state index in [9.17, 15) is 13.2 Å². The van der Waals surface area contributed by atoms with Crippen molar-refractivity contribution in [3.05, 3.63) is 88.4 Å². The van der Waals surface area contributed by atoms with Crippen LogP contribution in [0.4, 0.5) is 5.69 Å². The van der Waals surface area contributed by atoms with Crippen molar-refractivity contribution >= 4 is 33.2 Å². The van der Waals surface area contributed by atoms with Gasteiger partial charge in [0.2, 0.25) is 5.91 Å². The van der Waals surface area contributed by atoms with Gasteiger partial charge in [0.15, 0.2) is 0 Å². The van der Waals surface area contributed by atoms with E-state index in [1.54, 1.807) is 50.4 Å². The standard InChI is InChI=1S/C24H25ClN2O4S/c1-17-8-12-21(13-9-17)32(29,30)27(22-14-20(25)11-10-18(22)2)16-24(28)26-15-19-6-4-5-7-23(19)31-3/h4-14H,15-16H2,1-3H3,(H,26,28). The number of amides is 1. The van der Waals surface area contributed by atoms with Crippen LogP contribution in [0, 0.1) is 13.8 Å². The van der Waals surface area contributed by atoms with Crippen LogP contribution in [0.3, 0.4) is 0 Å². The summed E-state index contributed by atoms with van der Waals surface area (Å²) >= 11 is 6.15. The molecule has 6 nitrogen and oxygen atoms in total. The highest BCUT2D eigenvalue weighted by Gasteiger charge is 2.28. The quantitative estimate of drug-likeness (QED) is 0.524. The minimum atomic E-state index is -4.01. The van der Waals surface area contributed by atoms with Gasteiger partial charge in [-0.25, -0.2) is 8.42 Å². The summed E-state index contributed by atoms with van der Waals surface area (Å²) in [6, 6.07) is 18.8. The Labute approximate surface area is 193 Å². The molecule has 3 aromatic carbocycles. The molecule has 168 valence electrons. The molecule has 32 heavy (non-hydrogen) atoms. The van der Waals surface area contributed by atoms with Crippen LogP contribution in [-0.4, -0.2) is 28.0 Å². The van der Waals surface area contributed by atoms with Crippen LogP contribution in [0.5, 0.6) is 5.75 Å². The lowest BCUT2D eigenvalue weighted by Gasteiger charge is -2.26. The average Bonchev–Trinajstić information content (AvgIpc) is 2.78. The zero-order valence-corrected chi connectivity index (χ0v) is 19.7. The van der Waals surface area contributed by atoms with Crippen LogP contribution < -0.4 is 14.4 Å². The van der Waals surface area contributed by atoms with Gasteiger partial charge >= 0.3 is 0 Å². The van der Waals surface area contributed by atoms with Crippen molar-refractivity contribution in [1.82, 2.24) is 5.32 Å². The predicted octanol–water partition coefficient (Wildman–Crippen LogP) is 4.48. The summed E-state index contributed by atoms with van der Waals surface area (Å²) in [6.45, 7) is 3.46. The maximum Gasteiger partial charge on any atom is 0.264 e. The van der Waals surface area contributed by atoms with E-state index in [4.69, 9.17) is 16.3 Å². The largest absolute Gasteiger partial charge is 0.496 e. The normalized spacial score (nSPS) is 11.1. The number of benzene rings is 3. The molecular weight excluding hydrogens is 448 g/mol. The highest BCUT2D eigenvalue weighted by Crippen LogP contribution is 2.29. The first kappa shape index (κ1) is 23.6. The number of anilines is 1. The molecule has 0 radical (unpaired) electrons. The Morgan fingerprint density at radius 2 is 1.72 bits per heavy atom. The molecule has 0 bridgehead atoms. The smallest absolute Gasteiger partial charge is 0.264 e. The molecule has 0 saturated carbocycles. The van der Waals surface area contributed by atoms with Crippen molar-refractivity contribution < 1.29 is 17.9 Å². The van der Waals surface area contributed by atoms with Gasteiger partial charge in [0.05, 0.1) is 17.7 Å². The first-order chi connectivity index (χ1) is 15.2. The Bertz CT molecular complexity index is 1210. The van der Waals surface area contributed by atoms with Gasteiger partial charge in [-0.1, -0.05) is 53.6 Å². The number of halogens is 1. The molecule has 0 aliphatic heterocycles. The molecule has 0 aliphatic rings. The summed E-state index contributed by atoms with van der Waals surface area (Å²) in [6.07, 6.45) is 0. The average molecular weight is 473 g/mol. The van der Waals surface area contributed by atoms with Gasteiger partial charge in [-0.05, 0) is 49.7 Å². The van der Waals surface area contributed by atoms with E-state index >= 15 is 0 Å².